The third kappa shape index (κ3) is 9.41. The number of aldehydes is 1. The van der Waals surface area contributed by atoms with Crippen LogP contribution in [0.4, 0.5) is 0 Å². The largest absolute Gasteiger partial charge is 0.303 e. The molecule has 0 spiro atoms. The number of hydrogen-bond donors (Lipinski definition) is 0. The molecule has 0 aromatic heterocycles. The first-order valence-corrected chi connectivity index (χ1v) is 5.00. The Labute approximate surface area is 75.9 Å². The molecule has 1 heteroatoms. The van der Waals surface area contributed by atoms with E-state index in [9.17, 15) is 4.79 Å². The van der Waals surface area contributed by atoms with Gasteiger partial charge in [0.2, 0.25) is 0 Å². The Morgan fingerprint density at radius 1 is 0.917 bits per heavy atom. The summed E-state index contributed by atoms with van der Waals surface area (Å²) in [6.07, 6.45) is 13.3. The zero-order valence-corrected chi connectivity index (χ0v) is 8.09. The van der Waals surface area contributed by atoms with Crippen molar-refractivity contribution in [3.05, 3.63) is 12.2 Å². The van der Waals surface area contributed by atoms with E-state index in [0.29, 0.717) is 0 Å². The lowest BCUT2D eigenvalue weighted by atomic mass is 10.2. The van der Waals surface area contributed by atoms with Crippen LogP contribution < -0.4 is 0 Å². The Balaban J connectivity index is 2.97. The fourth-order valence-corrected chi connectivity index (χ4v) is 1.05. The Morgan fingerprint density at radius 2 is 1.50 bits per heavy atom. The first-order valence-electron chi connectivity index (χ1n) is 5.00. The van der Waals surface area contributed by atoms with Crippen molar-refractivity contribution in [1.29, 1.82) is 0 Å². The average Bonchev–Trinajstić information content (AvgIpc) is 2.10. The first kappa shape index (κ1) is 11.4. The topological polar surface area (TPSA) is 17.1 Å². The van der Waals surface area contributed by atoms with Crippen molar-refractivity contribution in [3.8, 4) is 0 Å². The lowest BCUT2D eigenvalue weighted by Crippen LogP contribution is -1.76. The van der Waals surface area contributed by atoms with Crippen molar-refractivity contribution < 1.29 is 4.79 Å². The van der Waals surface area contributed by atoms with E-state index in [1.165, 1.54) is 19.3 Å². The molecule has 0 aliphatic carbocycles. The lowest BCUT2D eigenvalue weighted by Gasteiger charge is -1.91. The second kappa shape index (κ2) is 10.4. The summed E-state index contributed by atoms with van der Waals surface area (Å²) in [5.74, 6) is 0. The summed E-state index contributed by atoms with van der Waals surface area (Å²) in [5.41, 5.74) is 0. The number of hydrogen-bond acceptors (Lipinski definition) is 1. The lowest BCUT2D eigenvalue weighted by molar-refractivity contribution is -0.107. The molecule has 0 rings (SSSR count). The minimum absolute atomic E-state index is 0.725. The summed E-state index contributed by atoms with van der Waals surface area (Å²) in [5, 5.41) is 0. The van der Waals surface area contributed by atoms with E-state index in [2.05, 4.69) is 19.1 Å². The number of carbonyl (C=O) groups is 1. The highest BCUT2D eigenvalue weighted by molar-refractivity contribution is 5.48. The summed E-state index contributed by atoms with van der Waals surface area (Å²) >= 11 is 0. The normalized spacial score (nSPS) is 10.8. The second-order valence-corrected chi connectivity index (χ2v) is 3.06. The molecular weight excluding hydrogens is 148 g/mol. The fraction of sp³-hybridized carbons (Fsp3) is 0.727. The zero-order chi connectivity index (χ0) is 9.07. The molecule has 0 aromatic carbocycles. The highest BCUT2D eigenvalue weighted by atomic mass is 16.1. The Hall–Kier alpha value is -0.590. The Kier molecular flexibility index (Phi) is 9.90. The molecular formula is C11H20O. The van der Waals surface area contributed by atoms with Crippen LogP contribution in [0.5, 0.6) is 0 Å². The number of rotatable bonds is 8. The molecule has 0 aromatic rings. The molecule has 0 N–H and O–H groups in total. The molecule has 0 fully saturated rings. The van der Waals surface area contributed by atoms with Crippen LogP contribution in [0.15, 0.2) is 12.2 Å². The SMILES string of the molecule is CCCC/C=C\CCCCC=O. The molecule has 0 aliphatic heterocycles. The van der Waals surface area contributed by atoms with Gasteiger partial charge in [0.1, 0.15) is 6.29 Å². The van der Waals surface area contributed by atoms with Crippen molar-refractivity contribution in [3.63, 3.8) is 0 Å². The molecule has 0 heterocycles. The van der Waals surface area contributed by atoms with Gasteiger partial charge in [-0.05, 0) is 25.7 Å². The highest BCUT2D eigenvalue weighted by Gasteiger charge is 1.84. The average molecular weight is 168 g/mol. The Morgan fingerprint density at radius 3 is 2.08 bits per heavy atom. The summed E-state index contributed by atoms with van der Waals surface area (Å²) in [7, 11) is 0. The summed E-state index contributed by atoms with van der Waals surface area (Å²) in [4.78, 5) is 9.96. The summed E-state index contributed by atoms with van der Waals surface area (Å²) < 4.78 is 0. The van der Waals surface area contributed by atoms with Gasteiger partial charge in [-0.3, -0.25) is 0 Å². The minimum atomic E-state index is 0.725. The molecule has 0 saturated carbocycles. The molecule has 0 amide bonds. The maximum Gasteiger partial charge on any atom is 0.119 e. The summed E-state index contributed by atoms with van der Waals surface area (Å²) in [6, 6.07) is 0. The van der Waals surface area contributed by atoms with Crippen LogP contribution in [-0.4, -0.2) is 6.29 Å². The molecule has 12 heavy (non-hydrogen) atoms. The van der Waals surface area contributed by atoms with Crippen LogP contribution in [0.3, 0.4) is 0 Å². The van der Waals surface area contributed by atoms with Crippen LogP contribution in [0.1, 0.15) is 51.9 Å². The van der Waals surface area contributed by atoms with Gasteiger partial charge in [0.15, 0.2) is 0 Å². The van der Waals surface area contributed by atoms with Gasteiger partial charge in [0.25, 0.3) is 0 Å². The van der Waals surface area contributed by atoms with Gasteiger partial charge in [-0.1, -0.05) is 31.9 Å². The number of unbranched alkanes of at least 4 members (excludes halogenated alkanes) is 5. The van der Waals surface area contributed by atoms with Crippen molar-refractivity contribution in [2.45, 2.75) is 51.9 Å². The van der Waals surface area contributed by atoms with Crippen LogP contribution >= 0.6 is 0 Å². The molecule has 0 aliphatic rings. The van der Waals surface area contributed by atoms with Gasteiger partial charge in [-0.15, -0.1) is 0 Å². The van der Waals surface area contributed by atoms with E-state index < -0.39 is 0 Å². The molecule has 1 nitrogen and oxygen atoms in total. The molecule has 0 saturated heterocycles. The Bertz CT molecular complexity index is 116. The third-order valence-electron chi connectivity index (χ3n) is 1.83. The van der Waals surface area contributed by atoms with Crippen LogP contribution in [0, 0.1) is 0 Å². The molecule has 0 radical (unpaired) electrons. The van der Waals surface area contributed by atoms with Gasteiger partial charge in [-0.25, -0.2) is 0 Å². The van der Waals surface area contributed by atoms with E-state index in [-0.39, 0.29) is 0 Å². The van der Waals surface area contributed by atoms with E-state index >= 15 is 0 Å². The van der Waals surface area contributed by atoms with Crippen molar-refractivity contribution in [1.82, 2.24) is 0 Å². The predicted octanol–water partition coefficient (Wildman–Crippen LogP) is 3.49. The highest BCUT2D eigenvalue weighted by Crippen LogP contribution is 2.01. The van der Waals surface area contributed by atoms with Gasteiger partial charge < -0.3 is 4.79 Å². The van der Waals surface area contributed by atoms with E-state index in [0.717, 1.165) is 32.0 Å². The quantitative estimate of drug-likeness (QED) is 0.308. The maximum atomic E-state index is 9.96. The van der Waals surface area contributed by atoms with Crippen molar-refractivity contribution >= 4 is 6.29 Å². The molecule has 0 atom stereocenters. The fourth-order valence-electron chi connectivity index (χ4n) is 1.05. The third-order valence-corrected chi connectivity index (χ3v) is 1.83. The minimum Gasteiger partial charge on any atom is -0.303 e. The van der Waals surface area contributed by atoms with E-state index in [1.807, 2.05) is 0 Å². The second-order valence-electron chi connectivity index (χ2n) is 3.06. The first-order chi connectivity index (χ1) is 5.91. The summed E-state index contributed by atoms with van der Waals surface area (Å²) in [6.45, 7) is 2.21. The van der Waals surface area contributed by atoms with Crippen LogP contribution in [0.25, 0.3) is 0 Å². The van der Waals surface area contributed by atoms with Gasteiger partial charge in [0.05, 0.1) is 0 Å². The smallest absolute Gasteiger partial charge is 0.119 e. The van der Waals surface area contributed by atoms with Gasteiger partial charge in [-0.2, -0.15) is 0 Å². The van der Waals surface area contributed by atoms with Crippen LogP contribution in [-0.2, 0) is 4.79 Å². The molecule has 0 bridgehead atoms. The monoisotopic (exact) mass is 168 g/mol. The van der Waals surface area contributed by atoms with Gasteiger partial charge >= 0.3 is 0 Å². The van der Waals surface area contributed by atoms with Crippen molar-refractivity contribution in [2.75, 3.05) is 0 Å². The number of carbonyl (C=O) groups excluding carboxylic acids is 1. The van der Waals surface area contributed by atoms with Gasteiger partial charge in [0, 0.05) is 6.42 Å². The molecule has 70 valence electrons. The van der Waals surface area contributed by atoms with E-state index in [1.54, 1.807) is 0 Å². The van der Waals surface area contributed by atoms with Crippen molar-refractivity contribution in [2.24, 2.45) is 0 Å². The molecule has 0 unspecified atom stereocenters. The maximum absolute atomic E-state index is 9.96. The standard InChI is InChI=1S/C11H20O/c1-2-3-4-5-6-7-8-9-10-11-12/h5-6,11H,2-4,7-10H2,1H3/b6-5-. The van der Waals surface area contributed by atoms with E-state index in [4.69, 9.17) is 0 Å². The number of allylic oxidation sites excluding steroid dienone is 2. The zero-order valence-electron chi connectivity index (χ0n) is 8.09. The predicted molar refractivity (Wildman–Crippen MR) is 53.2 cm³/mol. The van der Waals surface area contributed by atoms with Crippen LogP contribution in [0.2, 0.25) is 0 Å².